The number of hydrogen-bond donors (Lipinski definition) is 2. The molecule has 298 valence electrons. The van der Waals surface area contributed by atoms with Crippen molar-refractivity contribution < 1.29 is 31.9 Å². The summed E-state index contributed by atoms with van der Waals surface area (Å²) in [4.78, 5) is 31.6. The minimum absolute atomic E-state index is 0.0679. The number of nitrogens with zero attached hydrogens (tertiary/aromatic N) is 5. The fraction of sp³-hybridized carbons (Fsp3) is 0.429. The summed E-state index contributed by atoms with van der Waals surface area (Å²) in [7, 11) is -2.14. The fourth-order valence-corrected chi connectivity index (χ4v) is 10.3. The van der Waals surface area contributed by atoms with Crippen molar-refractivity contribution in [2.75, 3.05) is 33.3 Å². The molecule has 3 atom stereocenters. The van der Waals surface area contributed by atoms with Gasteiger partial charge in [0.1, 0.15) is 11.2 Å². The molecular formula is C42H44ClFN6O6S. The number of sulfonamides is 1. The number of rotatable bonds is 10. The smallest absolute Gasteiger partial charge is 0.240 e. The Hall–Kier alpha value is -4.47. The summed E-state index contributed by atoms with van der Waals surface area (Å²) in [5.74, 6) is -0.745. The van der Waals surface area contributed by atoms with Gasteiger partial charge in [-0.3, -0.25) is 24.3 Å². The van der Waals surface area contributed by atoms with Gasteiger partial charge < -0.3 is 14.3 Å². The molecule has 2 saturated heterocycles. The molecule has 5 aromatic rings. The Balaban J connectivity index is 0.970. The molecule has 4 heterocycles. The lowest BCUT2D eigenvalue weighted by Gasteiger charge is -2.25. The van der Waals surface area contributed by atoms with E-state index >= 15 is 4.39 Å². The molecule has 3 aromatic carbocycles. The highest BCUT2D eigenvalue weighted by Gasteiger charge is 2.51. The predicted molar refractivity (Wildman–Crippen MR) is 214 cm³/mol. The van der Waals surface area contributed by atoms with E-state index in [1.165, 1.54) is 0 Å². The highest BCUT2D eigenvalue weighted by Crippen LogP contribution is 2.45. The van der Waals surface area contributed by atoms with E-state index in [0.717, 1.165) is 40.8 Å². The Morgan fingerprint density at radius 2 is 1.82 bits per heavy atom. The molecule has 9 rings (SSSR count). The average molecular weight is 815 g/mol. The molecule has 1 unspecified atom stereocenters. The molecule has 57 heavy (non-hydrogen) atoms. The van der Waals surface area contributed by atoms with Gasteiger partial charge in [0.2, 0.25) is 27.7 Å². The van der Waals surface area contributed by atoms with Gasteiger partial charge in [0.25, 0.3) is 0 Å². The standard InChI is InChI=1S/C42H44ClFN6O6S/c1-23-26(6-4-7-27(23)33-19-45-34(41(47-33)55-3)22-49-16-13-25(51)21-49)28-8-5-9-30(36(28)43)40-46-32-18-31-29(37(44)38(32)56-40)10-11-35(31)50-17-12-24(20-50)39(52)48-57(53,54)42(2)14-15-42/h4-9,18-19,24-25,35,51H,10-17,20-22H2,1-3H3,(H,48,52)/t24-,25-,35?/m1/s1. The molecule has 3 fully saturated rings. The molecule has 1 saturated carbocycles. The maximum absolute atomic E-state index is 16.2. The number of amides is 1. The first-order valence-corrected chi connectivity index (χ1v) is 21.3. The fourth-order valence-electron chi connectivity index (χ4n) is 8.71. The van der Waals surface area contributed by atoms with Gasteiger partial charge >= 0.3 is 0 Å². The van der Waals surface area contributed by atoms with E-state index in [2.05, 4.69) is 14.5 Å². The molecule has 12 nitrogen and oxygen atoms in total. The number of β-amino-alcohol motifs (C(OH)–C–C–N with tert-alkyl or cyclic N) is 1. The number of nitrogens with one attached hydrogen (secondary N) is 1. The van der Waals surface area contributed by atoms with Crippen molar-refractivity contribution in [2.24, 2.45) is 5.92 Å². The maximum atomic E-state index is 16.2. The number of carbonyl (C=O) groups is 1. The Bertz CT molecular complexity index is 2540. The first-order valence-electron chi connectivity index (χ1n) is 19.5. The number of oxazole rings is 1. The monoisotopic (exact) mass is 814 g/mol. The van der Waals surface area contributed by atoms with Gasteiger partial charge in [0.05, 0.1) is 46.4 Å². The summed E-state index contributed by atoms with van der Waals surface area (Å²) >= 11 is 7.15. The highest BCUT2D eigenvalue weighted by molar-refractivity contribution is 7.91. The number of aliphatic hydroxyl groups excluding tert-OH is 1. The quantitative estimate of drug-likeness (QED) is 0.157. The first-order chi connectivity index (χ1) is 27.3. The molecular weight excluding hydrogens is 771 g/mol. The van der Waals surface area contributed by atoms with Crippen molar-refractivity contribution in [3.8, 4) is 39.7 Å². The zero-order chi connectivity index (χ0) is 39.8. The van der Waals surface area contributed by atoms with Crippen molar-refractivity contribution in [3.63, 3.8) is 0 Å². The summed E-state index contributed by atoms with van der Waals surface area (Å²) in [6.07, 6.45) is 4.95. The normalized spacial score (nSPS) is 22.0. The molecule has 2 N–H and O–H groups in total. The van der Waals surface area contributed by atoms with Crippen LogP contribution in [0.25, 0.3) is 44.9 Å². The highest BCUT2D eigenvalue weighted by atomic mass is 35.5. The van der Waals surface area contributed by atoms with Crippen molar-refractivity contribution in [1.82, 2.24) is 29.5 Å². The second-order valence-corrected chi connectivity index (χ2v) is 18.7. The number of halogens is 2. The number of ether oxygens (including phenoxy) is 1. The number of hydrogen-bond acceptors (Lipinski definition) is 11. The van der Waals surface area contributed by atoms with Crippen LogP contribution >= 0.6 is 11.6 Å². The van der Waals surface area contributed by atoms with Crippen LogP contribution in [0.5, 0.6) is 5.88 Å². The third-order valence-corrected chi connectivity index (χ3v) is 15.0. The second-order valence-electron chi connectivity index (χ2n) is 16.1. The number of methoxy groups -OCH3 is 1. The summed E-state index contributed by atoms with van der Waals surface area (Å²) in [6.45, 7) is 6.57. The molecule has 4 aliphatic rings. The molecule has 0 radical (unpaired) electrons. The van der Waals surface area contributed by atoms with Crippen LogP contribution in [-0.2, 0) is 27.8 Å². The molecule has 2 aliphatic carbocycles. The summed E-state index contributed by atoms with van der Waals surface area (Å²) < 4.78 is 54.9. The Labute approximate surface area is 335 Å². The van der Waals surface area contributed by atoms with Gasteiger partial charge in [0, 0.05) is 43.3 Å². The lowest BCUT2D eigenvalue weighted by atomic mass is 9.94. The Morgan fingerprint density at radius 3 is 2.56 bits per heavy atom. The van der Waals surface area contributed by atoms with E-state index in [-0.39, 0.29) is 23.6 Å². The zero-order valence-corrected chi connectivity index (χ0v) is 33.6. The number of likely N-dealkylation sites (tertiary alicyclic amines) is 2. The van der Waals surface area contributed by atoms with E-state index in [9.17, 15) is 18.3 Å². The van der Waals surface area contributed by atoms with E-state index < -0.39 is 32.4 Å². The van der Waals surface area contributed by atoms with Crippen LogP contribution < -0.4 is 9.46 Å². The molecule has 2 aliphatic heterocycles. The first kappa shape index (κ1) is 38.1. The van der Waals surface area contributed by atoms with Crippen LogP contribution in [0.1, 0.15) is 67.5 Å². The summed E-state index contributed by atoms with van der Waals surface area (Å²) in [5.41, 5.74) is 7.11. The number of aliphatic hydroxyl groups is 1. The Morgan fingerprint density at radius 1 is 1.07 bits per heavy atom. The second kappa shape index (κ2) is 14.4. The third-order valence-electron chi connectivity index (χ3n) is 12.4. The van der Waals surface area contributed by atoms with Crippen molar-refractivity contribution in [3.05, 3.63) is 81.9 Å². The largest absolute Gasteiger partial charge is 0.480 e. The zero-order valence-electron chi connectivity index (χ0n) is 32.0. The van der Waals surface area contributed by atoms with Crippen LogP contribution in [0, 0.1) is 18.7 Å². The van der Waals surface area contributed by atoms with E-state index in [1.54, 1.807) is 26.3 Å². The lowest BCUT2D eigenvalue weighted by Crippen LogP contribution is -2.42. The average Bonchev–Trinajstić information content (AvgIpc) is 3.66. The van der Waals surface area contributed by atoms with Crippen molar-refractivity contribution in [2.45, 2.75) is 75.8 Å². The minimum atomic E-state index is -3.72. The van der Waals surface area contributed by atoms with E-state index in [1.807, 2.05) is 43.3 Å². The number of benzene rings is 3. The topological polar surface area (TPSA) is 151 Å². The number of fused-ring (bicyclic) bond motifs is 2. The summed E-state index contributed by atoms with van der Waals surface area (Å²) in [5, 5.41) is 10.4. The van der Waals surface area contributed by atoms with Crippen molar-refractivity contribution >= 4 is 38.6 Å². The van der Waals surface area contributed by atoms with Gasteiger partial charge in [-0.15, -0.1) is 0 Å². The van der Waals surface area contributed by atoms with Crippen LogP contribution in [0.3, 0.4) is 0 Å². The van der Waals surface area contributed by atoms with Gasteiger partial charge in [-0.05, 0) is 93.3 Å². The van der Waals surface area contributed by atoms with E-state index in [4.69, 9.17) is 35.7 Å². The predicted octanol–water partition coefficient (Wildman–Crippen LogP) is 6.60. The van der Waals surface area contributed by atoms with Gasteiger partial charge in [-0.25, -0.2) is 22.8 Å². The number of aromatic nitrogens is 3. The van der Waals surface area contributed by atoms with Gasteiger partial charge in [-0.1, -0.05) is 41.9 Å². The van der Waals surface area contributed by atoms with Crippen molar-refractivity contribution in [1.29, 1.82) is 0 Å². The van der Waals surface area contributed by atoms with E-state index in [0.29, 0.717) is 97.2 Å². The summed E-state index contributed by atoms with van der Waals surface area (Å²) in [6, 6.07) is 13.2. The van der Waals surface area contributed by atoms with Gasteiger partial charge in [-0.2, -0.15) is 0 Å². The molecule has 0 spiro atoms. The molecule has 15 heteroatoms. The van der Waals surface area contributed by atoms with Crippen LogP contribution in [0.2, 0.25) is 5.02 Å². The third kappa shape index (κ3) is 6.78. The van der Waals surface area contributed by atoms with Crippen LogP contribution in [0.15, 0.2) is 53.1 Å². The maximum Gasteiger partial charge on any atom is 0.240 e. The lowest BCUT2D eigenvalue weighted by molar-refractivity contribution is -0.122. The Kier molecular flexibility index (Phi) is 9.63. The molecule has 2 aromatic heterocycles. The van der Waals surface area contributed by atoms with Crippen LogP contribution in [-0.4, -0.2) is 88.3 Å². The number of carbonyl (C=O) groups excluding carboxylic acids is 1. The minimum Gasteiger partial charge on any atom is -0.480 e. The van der Waals surface area contributed by atoms with Crippen LogP contribution in [0.4, 0.5) is 4.39 Å². The SMILES string of the molecule is COc1nc(-c2cccc(-c3cccc(-c4nc5cc6c(c(F)c5o4)CCC6N4CC[C@@H](C(=O)NS(=O)(=O)C5(C)CC5)C4)c3Cl)c2C)cnc1CN1CC[C@@H](O)C1. The molecule has 0 bridgehead atoms. The van der Waals surface area contributed by atoms with Gasteiger partial charge in [0.15, 0.2) is 11.4 Å². The molecule has 1 amide bonds.